The molecule has 2 aliphatic heterocycles. The zero-order chi connectivity index (χ0) is 30.1. The Labute approximate surface area is 237 Å². The summed E-state index contributed by atoms with van der Waals surface area (Å²) < 4.78 is 21.6. The van der Waals surface area contributed by atoms with E-state index in [0.29, 0.717) is 12.8 Å². The fraction of sp³-hybridized carbons (Fsp3) is 0.517. The molecule has 0 amide bonds. The minimum Gasteiger partial charge on any atom is -0.508 e. The summed E-state index contributed by atoms with van der Waals surface area (Å²) in [6.07, 6.45) is -3.13. The van der Waals surface area contributed by atoms with Gasteiger partial charge in [-0.2, -0.15) is 0 Å². The monoisotopic (exact) mass is 578 g/mol. The number of phenols is 1. The molecule has 9 atom stereocenters. The smallest absolute Gasteiger partial charge is 0.337 e. The van der Waals surface area contributed by atoms with Crippen LogP contribution in [-0.2, 0) is 35.0 Å². The highest BCUT2D eigenvalue weighted by Crippen LogP contribution is 2.37. The number of phenolic OH excluding ortho intramolecular Hbond substituents is 1. The number of rotatable bonds is 13. The number of hydrogen-bond acceptors (Lipinski definition) is 12. The van der Waals surface area contributed by atoms with Gasteiger partial charge in [0.05, 0.1) is 31.7 Å². The molecule has 1 aromatic rings. The van der Waals surface area contributed by atoms with E-state index in [0.717, 1.165) is 11.8 Å². The highest BCUT2D eigenvalue weighted by Gasteiger charge is 2.47. The van der Waals surface area contributed by atoms with Crippen molar-refractivity contribution in [3.8, 4) is 5.75 Å². The number of aliphatic hydroxyl groups excluding tert-OH is 5. The maximum atomic E-state index is 12.5. The van der Waals surface area contributed by atoms with Crippen LogP contribution in [0.1, 0.15) is 24.8 Å². The van der Waals surface area contributed by atoms with E-state index in [4.69, 9.17) is 18.9 Å². The van der Waals surface area contributed by atoms with E-state index in [1.54, 1.807) is 30.3 Å². The van der Waals surface area contributed by atoms with Crippen molar-refractivity contribution in [3.63, 3.8) is 0 Å². The lowest BCUT2D eigenvalue weighted by molar-refractivity contribution is -0.339. The van der Waals surface area contributed by atoms with Crippen LogP contribution in [0.5, 0.6) is 5.75 Å². The Bertz CT molecular complexity index is 1080. The molecule has 0 aromatic heterocycles. The average molecular weight is 579 g/mol. The molecule has 0 saturated carbocycles. The molecule has 0 aliphatic carbocycles. The number of carbonyl (C=O) groups excluding carboxylic acids is 2. The van der Waals surface area contributed by atoms with Crippen LogP contribution >= 0.6 is 0 Å². The Balaban J connectivity index is 1.64. The van der Waals surface area contributed by atoms with Gasteiger partial charge in [-0.25, -0.2) is 4.79 Å². The molecule has 1 aromatic carbocycles. The number of hydrogen-bond donors (Lipinski definition) is 6. The molecule has 2 heterocycles. The molecular formula is C29H38O12. The highest BCUT2D eigenvalue weighted by molar-refractivity contribution is 5.90. The van der Waals surface area contributed by atoms with Gasteiger partial charge in [-0.1, -0.05) is 24.3 Å². The predicted octanol–water partition coefficient (Wildman–Crippen LogP) is 0.239. The van der Waals surface area contributed by atoms with Crippen molar-refractivity contribution in [2.75, 3.05) is 13.7 Å². The lowest BCUT2D eigenvalue weighted by Crippen LogP contribution is -2.60. The maximum Gasteiger partial charge on any atom is 0.337 e. The number of benzene rings is 1. The average Bonchev–Trinajstić information content (AvgIpc) is 2.96. The summed E-state index contributed by atoms with van der Waals surface area (Å²) in [5, 5.41) is 59.5. The van der Waals surface area contributed by atoms with E-state index < -0.39 is 67.5 Å². The van der Waals surface area contributed by atoms with Gasteiger partial charge < -0.3 is 49.6 Å². The van der Waals surface area contributed by atoms with Gasteiger partial charge in [-0.05, 0) is 43.0 Å². The number of aryl methyl sites for hydroxylation is 1. The molecule has 0 spiro atoms. The lowest BCUT2D eigenvalue weighted by atomic mass is 9.81. The largest absolute Gasteiger partial charge is 0.508 e. The molecule has 6 N–H and O–H groups in total. The third kappa shape index (κ3) is 8.46. The minimum atomic E-state index is -1.66. The van der Waals surface area contributed by atoms with Crippen LogP contribution in [0.2, 0.25) is 0 Å². The lowest BCUT2D eigenvalue weighted by Gasteiger charge is -2.43. The first-order chi connectivity index (χ1) is 19.6. The number of aliphatic hydroxyl groups is 5. The fourth-order valence-electron chi connectivity index (χ4n) is 4.77. The number of carbonyl (C=O) groups is 2. The molecular weight excluding hydrogens is 540 g/mol. The molecule has 1 fully saturated rings. The number of esters is 1. The van der Waals surface area contributed by atoms with Crippen LogP contribution in [0.3, 0.4) is 0 Å². The van der Waals surface area contributed by atoms with Gasteiger partial charge in [0, 0.05) is 18.3 Å². The first kappa shape index (κ1) is 32.4. The Kier molecular flexibility index (Phi) is 12.0. The van der Waals surface area contributed by atoms with E-state index in [1.807, 2.05) is 0 Å². The second kappa shape index (κ2) is 15.2. The van der Waals surface area contributed by atoms with Crippen molar-refractivity contribution in [2.24, 2.45) is 11.8 Å². The van der Waals surface area contributed by atoms with Gasteiger partial charge in [-0.15, -0.1) is 6.58 Å². The number of allylic oxidation sites excluding steroid dienone is 2. The third-order valence-corrected chi connectivity index (χ3v) is 7.15. The van der Waals surface area contributed by atoms with Crippen LogP contribution in [0.25, 0.3) is 0 Å². The fourth-order valence-corrected chi connectivity index (χ4v) is 4.77. The molecule has 12 heteroatoms. The highest BCUT2D eigenvalue weighted by atomic mass is 16.8. The van der Waals surface area contributed by atoms with Crippen molar-refractivity contribution in [1.82, 2.24) is 0 Å². The zero-order valence-corrected chi connectivity index (χ0v) is 22.7. The van der Waals surface area contributed by atoms with Gasteiger partial charge in [0.25, 0.3) is 0 Å². The summed E-state index contributed by atoms with van der Waals surface area (Å²) in [6, 6.07) is 6.60. The third-order valence-electron chi connectivity index (χ3n) is 7.15. The molecule has 0 unspecified atom stereocenters. The van der Waals surface area contributed by atoms with E-state index in [9.17, 15) is 40.2 Å². The molecule has 3 rings (SSSR count). The Morgan fingerprint density at radius 1 is 1.10 bits per heavy atom. The van der Waals surface area contributed by atoms with Gasteiger partial charge in [0.1, 0.15) is 30.2 Å². The standard InChI is InChI=1S/C29H38O12/c1-3-20-21(6-4-5-18(32)13-19(33)12-9-16-7-10-17(31)11-8-16)22(27(37)38-2)15-39-28(20)41-29-26(36)25(35)24(34)23(14-30)40-29/h3-5,7-8,10-11,15,19-21,23-26,28-31,33-36H,1,6,9,12-14H2,2H3/t19-,20+,21-,23+,24+,25-,26+,28-,29-/m0/s1. The van der Waals surface area contributed by atoms with Gasteiger partial charge >= 0.3 is 5.97 Å². The van der Waals surface area contributed by atoms with Crippen LogP contribution in [-0.4, -0.2) is 99.2 Å². The van der Waals surface area contributed by atoms with Crippen LogP contribution in [0.15, 0.2) is 60.9 Å². The number of ether oxygens (including phenoxy) is 4. The molecule has 12 nitrogen and oxygen atoms in total. The first-order valence-electron chi connectivity index (χ1n) is 13.3. The molecule has 41 heavy (non-hydrogen) atoms. The predicted molar refractivity (Wildman–Crippen MR) is 143 cm³/mol. The molecule has 0 radical (unpaired) electrons. The normalized spacial score (nSPS) is 30.7. The summed E-state index contributed by atoms with van der Waals surface area (Å²) in [6.45, 7) is 3.16. The van der Waals surface area contributed by atoms with Crippen molar-refractivity contribution in [3.05, 3.63) is 66.5 Å². The van der Waals surface area contributed by atoms with Crippen LogP contribution < -0.4 is 0 Å². The van der Waals surface area contributed by atoms with Gasteiger partial charge in [0.2, 0.25) is 6.29 Å². The summed E-state index contributed by atoms with van der Waals surface area (Å²) >= 11 is 0. The van der Waals surface area contributed by atoms with Crippen molar-refractivity contribution >= 4 is 11.8 Å². The van der Waals surface area contributed by atoms with E-state index >= 15 is 0 Å². The van der Waals surface area contributed by atoms with Crippen molar-refractivity contribution in [1.29, 1.82) is 0 Å². The Morgan fingerprint density at radius 3 is 2.44 bits per heavy atom. The SMILES string of the molecule is C=C[C@H]1[C@H](O[C@@H]2O[C@H](CO)[C@@H](O)[C@H](O)[C@H]2O)OC=C(C(=O)OC)[C@H]1CC=CC(=O)C[C@@H](O)CCc1ccc(O)cc1. The Hall–Kier alpha value is -3.10. The van der Waals surface area contributed by atoms with Crippen molar-refractivity contribution in [2.45, 2.75) is 68.8 Å². The van der Waals surface area contributed by atoms with E-state index in [2.05, 4.69) is 6.58 Å². The van der Waals surface area contributed by atoms with Gasteiger partial charge in [-0.3, -0.25) is 4.79 Å². The van der Waals surface area contributed by atoms with Crippen LogP contribution in [0.4, 0.5) is 0 Å². The molecule has 226 valence electrons. The number of methoxy groups -OCH3 is 1. The minimum absolute atomic E-state index is 0.101. The topological polar surface area (TPSA) is 192 Å². The zero-order valence-electron chi connectivity index (χ0n) is 22.7. The second-order valence-electron chi connectivity index (χ2n) is 9.99. The van der Waals surface area contributed by atoms with Gasteiger partial charge in [0.15, 0.2) is 12.1 Å². The molecule has 2 aliphatic rings. The summed E-state index contributed by atoms with van der Waals surface area (Å²) in [4.78, 5) is 25.0. The van der Waals surface area contributed by atoms with Crippen LogP contribution in [0, 0.1) is 11.8 Å². The summed E-state index contributed by atoms with van der Waals surface area (Å²) in [7, 11) is 1.21. The van der Waals surface area contributed by atoms with Crippen molar-refractivity contribution < 1.29 is 59.2 Å². The maximum absolute atomic E-state index is 12.5. The Morgan fingerprint density at radius 2 is 1.80 bits per heavy atom. The van der Waals surface area contributed by atoms with E-state index in [-0.39, 0.29) is 29.9 Å². The summed E-state index contributed by atoms with van der Waals surface area (Å²) in [5.74, 6) is -2.18. The first-order valence-corrected chi connectivity index (χ1v) is 13.3. The second-order valence-corrected chi connectivity index (χ2v) is 9.99. The number of ketones is 1. The summed E-state index contributed by atoms with van der Waals surface area (Å²) in [5.41, 5.74) is 1.07. The quantitative estimate of drug-likeness (QED) is 0.106. The molecule has 0 bridgehead atoms. The number of aromatic hydroxyl groups is 1. The molecule has 1 saturated heterocycles. The van der Waals surface area contributed by atoms with E-state index in [1.165, 1.54) is 19.3 Å².